The topological polar surface area (TPSA) is 115 Å². The predicted molar refractivity (Wildman–Crippen MR) is 61.9 cm³/mol. The molecule has 0 saturated carbocycles. The van der Waals surface area contributed by atoms with Gasteiger partial charge in [0, 0.05) is 12.8 Å². The van der Waals surface area contributed by atoms with Crippen molar-refractivity contribution in [3.8, 4) is 0 Å². The van der Waals surface area contributed by atoms with Crippen LogP contribution >= 0.6 is 11.6 Å². The third-order valence-electron chi connectivity index (χ3n) is 1.70. The molecule has 0 radical (unpaired) electrons. The Hall–Kier alpha value is -1.48. The largest absolute Gasteiger partial charge is 0.363 e. The van der Waals surface area contributed by atoms with E-state index in [1.54, 1.807) is 0 Å². The molecular formula is C7H9ClN4O4S. The van der Waals surface area contributed by atoms with Crippen LogP contribution in [0.15, 0.2) is 6.20 Å². The molecular weight excluding hydrogens is 272 g/mol. The van der Waals surface area contributed by atoms with Gasteiger partial charge in [0.15, 0.2) is 0 Å². The summed E-state index contributed by atoms with van der Waals surface area (Å²) >= 11 is 5.49. The highest BCUT2D eigenvalue weighted by atomic mass is 35.5. The zero-order chi connectivity index (χ0) is 13.1. The first kappa shape index (κ1) is 13.6. The van der Waals surface area contributed by atoms with Crippen molar-refractivity contribution in [1.82, 2.24) is 9.97 Å². The van der Waals surface area contributed by atoms with Crippen LogP contribution in [0.4, 0.5) is 11.5 Å². The van der Waals surface area contributed by atoms with Gasteiger partial charge in [0.05, 0.1) is 10.7 Å². The molecule has 8 nitrogen and oxygen atoms in total. The lowest BCUT2D eigenvalue weighted by atomic mass is 10.5. The molecule has 0 atom stereocenters. The number of aromatic nitrogens is 2. The molecule has 0 aromatic carbocycles. The Morgan fingerprint density at radius 1 is 1.59 bits per heavy atom. The molecule has 0 amide bonds. The summed E-state index contributed by atoms with van der Waals surface area (Å²) in [6.07, 6.45) is 2.02. The second-order valence-electron chi connectivity index (χ2n) is 3.19. The molecule has 1 heterocycles. The van der Waals surface area contributed by atoms with Crippen LogP contribution in [0.2, 0.25) is 5.28 Å². The van der Waals surface area contributed by atoms with E-state index in [-0.39, 0.29) is 29.1 Å². The summed E-state index contributed by atoms with van der Waals surface area (Å²) in [5.74, 6) is -0.259. The molecule has 0 saturated heterocycles. The predicted octanol–water partition coefficient (Wildman–Crippen LogP) is 0.495. The first-order valence-electron chi connectivity index (χ1n) is 4.38. The Labute approximate surface area is 102 Å². The van der Waals surface area contributed by atoms with E-state index in [1.165, 1.54) is 0 Å². The molecule has 17 heavy (non-hydrogen) atoms. The van der Waals surface area contributed by atoms with Gasteiger partial charge in [-0.3, -0.25) is 10.1 Å². The van der Waals surface area contributed by atoms with E-state index in [4.69, 9.17) is 11.6 Å². The average molecular weight is 281 g/mol. The first-order valence-corrected chi connectivity index (χ1v) is 6.82. The first-order chi connectivity index (χ1) is 7.79. The van der Waals surface area contributed by atoms with Crippen LogP contribution in [0, 0.1) is 10.1 Å². The van der Waals surface area contributed by atoms with Gasteiger partial charge in [-0.2, -0.15) is 4.98 Å². The SMILES string of the molecule is CS(=O)(=O)CCNc1nc(Cl)ncc1[N+](=O)[O-]. The molecule has 1 rings (SSSR count). The Morgan fingerprint density at radius 2 is 2.24 bits per heavy atom. The zero-order valence-corrected chi connectivity index (χ0v) is 10.3. The lowest BCUT2D eigenvalue weighted by Crippen LogP contribution is -2.15. The fraction of sp³-hybridized carbons (Fsp3) is 0.429. The van der Waals surface area contributed by atoms with Crippen LogP contribution in [0.1, 0.15) is 0 Å². The maximum absolute atomic E-state index is 10.9. The molecule has 0 aliphatic rings. The van der Waals surface area contributed by atoms with Gasteiger partial charge in [0.25, 0.3) is 0 Å². The van der Waals surface area contributed by atoms with E-state index in [9.17, 15) is 18.5 Å². The van der Waals surface area contributed by atoms with Crippen molar-refractivity contribution < 1.29 is 13.3 Å². The van der Waals surface area contributed by atoms with Crippen LogP contribution in [0.25, 0.3) is 0 Å². The smallest absolute Gasteiger partial charge is 0.329 e. The van der Waals surface area contributed by atoms with Gasteiger partial charge < -0.3 is 5.32 Å². The number of anilines is 1. The fourth-order valence-electron chi connectivity index (χ4n) is 0.972. The Kier molecular flexibility index (Phi) is 4.18. The zero-order valence-electron chi connectivity index (χ0n) is 8.75. The molecule has 0 spiro atoms. The van der Waals surface area contributed by atoms with E-state index in [2.05, 4.69) is 15.3 Å². The third kappa shape index (κ3) is 4.49. The summed E-state index contributed by atoms with van der Waals surface area (Å²) < 4.78 is 21.7. The number of nitro groups is 1. The highest BCUT2D eigenvalue weighted by molar-refractivity contribution is 7.90. The van der Waals surface area contributed by atoms with Crippen molar-refractivity contribution in [3.63, 3.8) is 0 Å². The number of sulfone groups is 1. The van der Waals surface area contributed by atoms with E-state index in [0.717, 1.165) is 12.5 Å². The second-order valence-corrected chi connectivity index (χ2v) is 5.78. The van der Waals surface area contributed by atoms with Gasteiger partial charge in [-0.25, -0.2) is 13.4 Å². The molecule has 0 aliphatic heterocycles. The summed E-state index contributed by atoms with van der Waals surface area (Å²) in [5, 5.41) is 13.0. The summed E-state index contributed by atoms with van der Waals surface area (Å²) in [4.78, 5) is 17.0. The summed E-state index contributed by atoms with van der Waals surface area (Å²) in [6, 6.07) is 0. The lowest BCUT2D eigenvalue weighted by Gasteiger charge is -2.04. The maximum atomic E-state index is 10.9. The Bertz CT molecular complexity index is 533. The van der Waals surface area contributed by atoms with Crippen LogP contribution in [0.3, 0.4) is 0 Å². The van der Waals surface area contributed by atoms with Crippen molar-refractivity contribution in [2.24, 2.45) is 0 Å². The lowest BCUT2D eigenvalue weighted by molar-refractivity contribution is -0.384. The van der Waals surface area contributed by atoms with Gasteiger partial charge in [-0.05, 0) is 11.6 Å². The minimum absolute atomic E-state index is 0.00696. The quantitative estimate of drug-likeness (QED) is 0.474. The summed E-state index contributed by atoms with van der Waals surface area (Å²) in [7, 11) is -3.15. The Morgan fingerprint density at radius 3 is 2.76 bits per heavy atom. The van der Waals surface area contributed by atoms with E-state index >= 15 is 0 Å². The number of nitrogens with one attached hydrogen (secondary N) is 1. The van der Waals surface area contributed by atoms with Crippen molar-refractivity contribution in [2.45, 2.75) is 0 Å². The minimum Gasteiger partial charge on any atom is -0.363 e. The summed E-state index contributed by atoms with van der Waals surface area (Å²) in [5.41, 5.74) is -0.358. The number of hydrogen-bond donors (Lipinski definition) is 1. The number of rotatable bonds is 5. The van der Waals surface area contributed by atoms with Gasteiger partial charge in [-0.1, -0.05) is 0 Å². The molecule has 1 aromatic rings. The highest BCUT2D eigenvalue weighted by Crippen LogP contribution is 2.21. The monoisotopic (exact) mass is 280 g/mol. The van der Waals surface area contributed by atoms with Gasteiger partial charge >= 0.3 is 5.69 Å². The van der Waals surface area contributed by atoms with Gasteiger partial charge in [0.2, 0.25) is 11.1 Å². The van der Waals surface area contributed by atoms with Crippen molar-refractivity contribution in [1.29, 1.82) is 0 Å². The van der Waals surface area contributed by atoms with Gasteiger partial charge in [-0.15, -0.1) is 0 Å². The van der Waals surface area contributed by atoms with E-state index in [0.29, 0.717) is 0 Å². The average Bonchev–Trinajstić information content (AvgIpc) is 2.15. The van der Waals surface area contributed by atoms with Crippen molar-refractivity contribution in [2.75, 3.05) is 23.9 Å². The highest BCUT2D eigenvalue weighted by Gasteiger charge is 2.16. The number of nitrogens with zero attached hydrogens (tertiary/aromatic N) is 3. The standard InChI is InChI=1S/C7H9ClN4O4S/c1-17(15,16)3-2-9-6-5(12(13)14)4-10-7(8)11-6/h4H,2-3H2,1H3,(H,9,10,11). The molecule has 0 fully saturated rings. The molecule has 0 aliphatic carbocycles. The number of halogens is 1. The van der Waals surface area contributed by atoms with E-state index < -0.39 is 14.8 Å². The van der Waals surface area contributed by atoms with Crippen molar-refractivity contribution >= 4 is 32.9 Å². The summed E-state index contributed by atoms with van der Waals surface area (Å²) in [6.45, 7) is 0.00696. The van der Waals surface area contributed by atoms with E-state index in [1.807, 2.05) is 0 Å². The van der Waals surface area contributed by atoms with Crippen LogP contribution < -0.4 is 5.32 Å². The minimum atomic E-state index is -3.15. The van der Waals surface area contributed by atoms with Gasteiger partial charge in [0.1, 0.15) is 16.0 Å². The molecule has 94 valence electrons. The van der Waals surface area contributed by atoms with Crippen LogP contribution in [0.5, 0.6) is 0 Å². The molecule has 1 aromatic heterocycles. The van der Waals surface area contributed by atoms with Crippen LogP contribution in [-0.4, -0.2) is 41.9 Å². The second kappa shape index (κ2) is 5.23. The molecule has 10 heteroatoms. The van der Waals surface area contributed by atoms with Crippen molar-refractivity contribution in [3.05, 3.63) is 21.6 Å². The number of hydrogen-bond acceptors (Lipinski definition) is 7. The maximum Gasteiger partial charge on any atom is 0.329 e. The normalized spacial score (nSPS) is 11.2. The fourth-order valence-corrected chi connectivity index (χ4v) is 1.58. The molecule has 1 N–H and O–H groups in total. The third-order valence-corrected chi connectivity index (χ3v) is 2.83. The Balaban J connectivity index is 2.82. The molecule has 0 unspecified atom stereocenters. The van der Waals surface area contributed by atoms with Crippen LogP contribution in [-0.2, 0) is 9.84 Å². The molecule has 0 bridgehead atoms.